The molecule has 1 rings (SSSR count). The predicted octanol–water partition coefficient (Wildman–Crippen LogP) is 2.29. The van der Waals surface area contributed by atoms with Gasteiger partial charge in [-0.3, -0.25) is 9.59 Å². The molecule has 17 heavy (non-hydrogen) atoms. The van der Waals surface area contributed by atoms with Crippen molar-refractivity contribution in [2.75, 3.05) is 6.54 Å². The van der Waals surface area contributed by atoms with Crippen molar-refractivity contribution in [2.45, 2.75) is 26.8 Å². The normalized spacial score (nSPS) is 10.6. The van der Waals surface area contributed by atoms with Gasteiger partial charge >= 0.3 is 5.97 Å². The summed E-state index contributed by atoms with van der Waals surface area (Å²) in [6.45, 7) is 4.91. The van der Waals surface area contributed by atoms with Gasteiger partial charge in [0.1, 0.15) is 6.54 Å². The van der Waals surface area contributed by atoms with Crippen LogP contribution in [0.3, 0.4) is 0 Å². The van der Waals surface area contributed by atoms with Crippen molar-refractivity contribution in [3.63, 3.8) is 0 Å². The number of carboxylic acid groups (broad SMARTS) is 1. The van der Waals surface area contributed by atoms with E-state index in [2.05, 4.69) is 15.9 Å². The SMILES string of the molecule is Cc1cc(Br)oc1C(=O)N(CC(=O)O)C(C)C. The molecule has 1 heterocycles. The maximum absolute atomic E-state index is 12.1. The summed E-state index contributed by atoms with van der Waals surface area (Å²) in [5.74, 6) is -1.28. The number of rotatable bonds is 4. The smallest absolute Gasteiger partial charge is 0.323 e. The van der Waals surface area contributed by atoms with Crippen LogP contribution in [-0.4, -0.2) is 34.5 Å². The molecule has 0 saturated heterocycles. The van der Waals surface area contributed by atoms with Crippen LogP contribution < -0.4 is 0 Å². The Bertz CT molecular complexity index is 439. The van der Waals surface area contributed by atoms with Gasteiger partial charge in [0.05, 0.1) is 0 Å². The summed E-state index contributed by atoms with van der Waals surface area (Å²) in [5.41, 5.74) is 0.679. The molecular formula is C11H14BrNO4. The first-order valence-electron chi connectivity index (χ1n) is 5.11. The number of carbonyl (C=O) groups is 2. The number of amides is 1. The largest absolute Gasteiger partial charge is 0.480 e. The highest BCUT2D eigenvalue weighted by Gasteiger charge is 2.25. The molecule has 0 saturated carbocycles. The van der Waals surface area contributed by atoms with Crippen molar-refractivity contribution in [1.29, 1.82) is 0 Å². The second-order valence-electron chi connectivity index (χ2n) is 3.98. The minimum atomic E-state index is -1.05. The quantitative estimate of drug-likeness (QED) is 0.926. The summed E-state index contributed by atoms with van der Waals surface area (Å²) < 4.78 is 5.68. The Balaban J connectivity index is 2.99. The van der Waals surface area contributed by atoms with Gasteiger partial charge in [-0.25, -0.2) is 0 Å². The minimum absolute atomic E-state index is 0.173. The van der Waals surface area contributed by atoms with Crippen LogP contribution in [-0.2, 0) is 4.79 Å². The number of aryl methyl sites for hydroxylation is 1. The number of carbonyl (C=O) groups excluding carboxylic acids is 1. The van der Waals surface area contributed by atoms with E-state index < -0.39 is 11.9 Å². The molecule has 6 heteroatoms. The van der Waals surface area contributed by atoms with Gasteiger partial charge < -0.3 is 14.4 Å². The van der Waals surface area contributed by atoms with E-state index in [1.807, 2.05) is 0 Å². The van der Waals surface area contributed by atoms with Crippen LogP contribution >= 0.6 is 15.9 Å². The van der Waals surface area contributed by atoms with E-state index in [0.717, 1.165) is 0 Å². The van der Waals surface area contributed by atoms with E-state index in [4.69, 9.17) is 9.52 Å². The van der Waals surface area contributed by atoms with Crippen molar-refractivity contribution in [2.24, 2.45) is 0 Å². The minimum Gasteiger partial charge on any atom is -0.480 e. The molecule has 0 aliphatic rings. The molecule has 0 aromatic carbocycles. The molecule has 0 fully saturated rings. The number of hydrogen-bond donors (Lipinski definition) is 1. The molecule has 0 unspecified atom stereocenters. The van der Waals surface area contributed by atoms with Crippen LogP contribution in [0.5, 0.6) is 0 Å². The lowest BCUT2D eigenvalue weighted by molar-refractivity contribution is -0.138. The molecule has 5 nitrogen and oxygen atoms in total. The lowest BCUT2D eigenvalue weighted by atomic mass is 10.2. The fourth-order valence-corrected chi connectivity index (χ4v) is 1.93. The number of nitrogens with zero attached hydrogens (tertiary/aromatic N) is 1. The van der Waals surface area contributed by atoms with Crippen LogP contribution in [0.1, 0.15) is 30.0 Å². The molecule has 0 radical (unpaired) electrons. The molecule has 0 bridgehead atoms. The fraction of sp³-hybridized carbons (Fsp3) is 0.455. The highest BCUT2D eigenvalue weighted by Crippen LogP contribution is 2.21. The Morgan fingerprint density at radius 3 is 2.47 bits per heavy atom. The average molecular weight is 304 g/mol. The molecule has 1 aromatic heterocycles. The molecule has 94 valence electrons. The van der Waals surface area contributed by atoms with E-state index in [1.165, 1.54) is 4.90 Å². The predicted molar refractivity (Wildman–Crippen MR) is 65.0 cm³/mol. The first kappa shape index (κ1) is 13.8. The zero-order chi connectivity index (χ0) is 13.2. The molecule has 1 N–H and O–H groups in total. The summed E-state index contributed by atoms with van der Waals surface area (Å²) >= 11 is 3.13. The van der Waals surface area contributed by atoms with E-state index in [0.29, 0.717) is 10.2 Å². The lowest BCUT2D eigenvalue weighted by Gasteiger charge is -2.23. The number of aliphatic carboxylic acids is 1. The molecule has 0 aliphatic heterocycles. The summed E-state index contributed by atoms with van der Waals surface area (Å²) in [7, 11) is 0. The van der Waals surface area contributed by atoms with E-state index in [9.17, 15) is 9.59 Å². The number of hydrogen-bond acceptors (Lipinski definition) is 3. The topological polar surface area (TPSA) is 70.8 Å². The first-order valence-corrected chi connectivity index (χ1v) is 5.91. The third-order valence-electron chi connectivity index (χ3n) is 2.27. The molecular weight excluding hydrogens is 290 g/mol. The Labute approximate surface area is 108 Å². The summed E-state index contributed by atoms with van der Waals surface area (Å²) in [5, 5.41) is 8.77. The molecule has 0 atom stereocenters. The molecule has 0 aliphatic carbocycles. The van der Waals surface area contributed by atoms with Crippen molar-refractivity contribution in [3.8, 4) is 0 Å². The molecule has 0 spiro atoms. The van der Waals surface area contributed by atoms with Gasteiger partial charge in [0, 0.05) is 11.6 Å². The van der Waals surface area contributed by atoms with Crippen molar-refractivity contribution in [3.05, 3.63) is 22.1 Å². The molecule has 1 aromatic rings. The van der Waals surface area contributed by atoms with Crippen molar-refractivity contribution in [1.82, 2.24) is 4.90 Å². The van der Waals surface area contributed by atoms with Crippen LogP contribution in [0.15, 0.2) is 15.2 Å². The van der Waals surface area contributed by atoms with Gasteiger partial charge in [-0.15, -0.1) is 0 Å². The standard InChI is InChI=1S/C11H14BrNO4/c1-6(2)13(5-9(14)15)11(16)10-7(3)4-8(12)17-10/h4,6H,5H2,1-3H3,(H,14,15). The Morgan fingerprint density at radius 1 is 1.53 bits per heavy atom. The van der Waals surface area contributed by atoms with Gasteiger partial charge in [0.2, 0.25) is 0 Å². The zero-order valence-electron chi connectivity index (χ0n) is 9.86. The third kappa shape index (κ3) is 3.33. The summed E-state index contributed by atoms with van der Waals surface area (Å²) in [6, 6.07) is 1.47. The molecule has 1 amide bonds. The highest BCUT2D eigenvalue weighted by atomic mass is 79.9. The maximum atomic E-state index is 12.1. The van der Waals surface area contributed by atoms with Crippen molar-refractivity contribution >= 4 is 27.8 Å². The van der Waals surface area contributed by atoms with Crippen LogP contribution in [0.4, 0.5) is 0 Å². The van der Waals surface area contributed by atoms with Gasteiger partial charge in [0.25, 0.3) is 5.91 Å². The van der Waals surface area contributed by atoms with E-state index in [1.54, 1.807) is 26.8 Å². The summed E-state index contributed by atoms with van der Waals surface area (Å²) in [6.07, 6.45) is 0. The number of carboxylic acids is 1. The van der Waals surface area contributed by atoms with Crippen molar-refractivity contribution < 1.29 is 19.1 Å². The number of furan rings is 1. The highest BCUT2D eigenvalue weighted by molar-refractivity contribution is 9.10. The Hall–Kier alpha value is -1.30. The van der Waals surface area contributed by atoms with Gasteiger partial charge in [0.15, 0.2) is 10.4 Å². The lowest BCUT2D eigenvalue weighted by Crippen LogP contribution is -2.40. The van der Waals surface area contributed by atoms with Crippen LogP contribution in [0, 0.1) is 6.92 Å². The van der Waals surface area contributed by atoms with Crippen LogP contribution in [0.2, 0.25) is 0 Å². The third-order valence-corrected chi connectivity index (χ3v) is 2.66. The Kier molecular flexibility index (Phi) is 4.34. The van der Waals surface area contributed by atoms with Gasteiger partial charge in [-0.05, 0) is 42.8 Å². The number of halogens is 1. The maximum Gasteiger partial charge on any atom is 0.323 e. The first-order chi connectivity index (χ1) is 7.82. The second-order valence-corrected chi connectivity index (χ2v) is 4.76. The summed E-state index contributed by atoms with van der Waals surface area (Å²) in [4.78, 5) is 24.1. The monoisotopic (exact) mass is 303 g/mol. The fourth-order valence-electron chi connectivity index (χ4n) is 1.42. The van der Waals surface area contributed by atoms with Gasteiger partial charge in [-0.1, -0.05) is 0 Å². The zero-order valence-corrected chi connectivity index (χ0v) is 11.4. The van der Waals surface area contributed by atoms with E-state index in [-0.39, 0.29) is 18.3 Å². The Morgan fingerprint density at radius 2 is 2.12 bits per heavy atom. The second kappa shape index (κ2) is 5.35. The average Bonchev–Trinajstić information content (AvgIpc) is 2.52. The van der Waals surface area contributed by atoms with Gasteiger partial charge in [-0.2, -0.15) is 0 Å². The van der Waals surface area contributed by atoms with Crippen LogP contribution in [0.25, 0.3) is 0 Å². The van der Waals surface area contributed by atoms with E-state index >= 15 is 0 Å².